The Kier molecular flexibility index (Phi) is 2.52. The molecule has 18 heavy (non-hydrogen) atoms. The fourth-order valence-corrected chi connectivity index (χ4v) is 2.19. The molecule has 1 heteroatoms. The molecule has 0 amide bonds. The zero-order valence-corrected chi connectivity index (χ0v) is 10.2. The lowest BCUT2D eigenvalue weighted by Crippen LogP contribution is -1.80. The zero-order chi connectivity index (χ0) is 12.5. The summed E-state index contributed by atoms with van der Waals surface area (Å²) in [7, 11) is 0. The molecule has 0 atom stereocenters. The molecule has 0 aliphatic rings. The van der Waals surface area contributed by atoms with Gasteiger partial charge in [0, 0.05) is 5.39 Å². The van der Waals surface area contributed by atoms with Crippen LogP contribution >= 0.6 is 0 Å². The van der Waals surface area contributed by atoms with Crippen LogP contribution < -0.4 is 0 Å². The van der Waals surface area contributed by atoms with Crippen molar-refractivity contribution in [3.63, 3.8) is 0 Å². The number of phenols is 1. The van der Waals surface area contributed by atoms with Gasteiger partial charge in [-0.1, -0.05) is 54.1 Å². The molecular formula is C17H14O. The van der Waals surface area contributed by atoms with Gasteiger partial charge in [-0.2, -0.15) is 0 Å². The lowest BCUT2D eigenvalue weighted by Gasteiger charge is -2.05. The van der Waals surface area contributed by atoms with Gasteiger partial charge in [0.2, 0.25) is 0 Å². The first-order valence-electron chi connectivity index (χ1n) is 6.03. The van der Waals surface area contributed by atoms with Gasteiger partial charge in [-0.25, -0.2) is 0 Å². The summed E-state index contributed by atoms with van der Waals surface area (Å²) < 4.78 is 0. The van der Waals surface area contributed by atoms with Gasteiger partial charge >= 0.3 is 0 Å². The molecular weight excluding hydrogens is 220 g/mol. The number of hydrogen-bond acceptors (Lipinski definition) is 1. The minimum absolute atomic E-state index is 0.336. The van der Waals surface area contributed by atoms with Crippen LogP contribution in [0.1, 0.15) is 5.56 Å². The summed E-state index contributed by atoms with van der Waals surface area (Å²) >= 11 is 0. The van der Waals surface area contributed by atoms with E-state index in [0.717, 1.165) is 10.8 Å². The molecule has 0 unspecified atom stereocenters. The number of benzene rings is 3. The Morgan fingerprint density at radius 1 is 0.778 bits per heavy atom. The Hall–Kier alpha value is -2.28. The SMILES string of the molecule is Cc1ccc(-c2ccc3c(O)cccc3c2)cc1. The molecule has 0 aromatic heterocycles. The van der Waals surface area contributed by atoms with Crippen LogP contribution in [0.3, 0.4) is 0 Å². The fourth-order valence-electron chi connectivity index (χ4n) is 2.19. The molecule has 0 aliphatic carbocycles. The molecule has 0 aliphatic heterocycles. The van der Waals surface area contributed by atoms with Gasteiger partial charge in [-0.05, 0) is 35.6 Å². The van der Waals surface area contributed by atoms with E-state index in [1.165, 1.54) is 16.7 Å². The van der Waals surface area contributed by atoms with Crippen LogP contribution in [0, 0.1) is 6.92 Å². The molecule has 0 fully saturated rings. The quantitative estimate of drug-likeness (QED) is 0.656. The van der Waals surface area contributed by atoms with E-state index in [1.54, 1.807) is 6.07 Å². The highest BCUT2D eigenvalue weighted by Crippen LogP contribution is 2.29. The van der Waals surface area contributed by atoms with Crippen LogP contribution in [0.15, 0.2) is 60.7 Å². The number of phenolic OH excluding ortho intramolecular Hbond substituents is 1. The first-order valence-corrected chi connectivity index (χ1v) is 6.03. The van der Waals surface area contributed by atoms with E-state index in [4.69, 9.17) is 0 Å². The lowest BCUT2D eigenvalue weighted by atomic mass is 10.0. The van der Waals surface area contributed by atoms with E-state index in [0.29, 0.717) is 5.75 Å². The molecule has 0 saturated carbocycles. The van der Waals surface area contributed by atoms with Crippen molar-refractivity contribution in [3.8, 4) is 16.9 Å². The predicted octanol–water partition coefficient (Wildman–Crippen LogP) is 4.52. The summed E-state index contributed by atoms with van der Waals surface area (Å²) in [5.41, 5.74) is 3.64. The van der Waals surface area contributed by atoms with Crippen LogP contribution in [-0.4, -0.2) is 5.11 Å². The monoisotopic (exact) mass is 234 g/mol. The van der Waals surface area contributed by atoms with Gasteiger partial charge in [-0.3, -0.25) is 0 Å². The van der Waals surface area contributed by atoms with E-state index in [-0.39, 0.29) is 0 Å². The van der Waals surface area contributed by atoms with Crippen molar-refractivity contribution in [2.75, 3.05) is 0 Å². The Labute approximate surface area is 106 Å². The third kappa shape index (κ3) is 1.84. The first-order chi connectivity index (χ1) is 8.74. The smallest absolute Gasteiger partial charge is 0.123 e. The van der Waals surface area contributed by atoms with Gasteiger partial charge in [-0.15, -0.1) is 0 Å². The number of aryl methyl sites for hydroxylation is 1. The molecule has 1 N–H and O–H groups in total. The summed E-state index contributed by atoms with van der Waals surface area (Å²) in [6.45, 7) is 2.09. The summed E-state index contributed by atoms with van der Waals surface area (Å²) in [4.78, 5) is 0. The van der Waals surface area contributed by atoms with Gasteiger partial charge < -0.3 is 5.11 Å². The van der Waals surface area contributed by atoms with Gasteiger partial charge in [0.1, 0.15) is 5.75 Å². The molecule has 1 nitrogen and oxygen atoms in total. The zero-order valence-electron chi connectivity index (χ0n) is 10.2. The standard InChI is InChI=1S/C17H14O/c1-12-5-7-13(8-6-12)14-9-10-16-15(11-14)3-2-4-17(16)18/h2-11,18H,1H3. The van der Waals surface area contributed by atoms with Gasteiger partial charge in [0.15, 0.2) is 0 Å². The average Bonchev–Trinajstić information content (AvgIpc) is 2.39. The molecule has 0 saturated heterocycles. The molecule has 0 radical (unpaired) electrons. The summed E-state index contributed by atoms with van der Waals surface area (Å²) in [6, 6.07) is 20.2. The molecule has 0 spiro atoms. The second-order valence-corrected chi connectivity index (χ2v) is 4.58. The number of fused-ring (bicyclic) bond motifs is 1. The average molecular weight is 234 g/mol. The molecule has 0 bridgehead atoms. The van der Waals surface area contributed by atoms with E-state index in [2.05, 4.69) is 37.3 Å². The van der Waals surface area contributed by atoms with E-state index in [1.807, 2.05) is 24.3 Å². The first kappa shape index (κ1) is 10.8. The Morgan fingerprint density at radius 3 is 2.28 bits per heavy atom. The molecule has 88 valence electrons. The number of rotatable bonds is 1. The Balaban J connectivity index is 2.16. The summed E-state index contributed by atoms with van der Waals surface area (Å²) in [6.07, 6.45) is 0. The molecule has 3 rings (SSSR count). The number of hydrogen-bond donors (Lipinski definition) is 1. The van der Waals surface area contributed by atoms with E-state index < -0.39 is 0 Å². The van der Waals surface area contributed by atoms with Crippen molar-refractivity contribution in [1.82, 2.24) is 0 Å². The lowest BCUT2D eigenvalue weighted by molar-refractivity contribution is 0.481. The van der Waals surface area contributed by atoms with Crippen LogP contribution in [0.4, 0.5) is 0 Å². The van der Waals surface area contributed by atoms with Crippen LogP contribution in [0.2, 0.25) is 0 Å². The second-order valence-electron chi connectivity index (χ2n) is 4.58. The van der Waals surface area contributed by atoms with Crippen LogP contribution in [0.25, 0.3) is 21.9 Å². The van der Waals surface area contributed by atoms with Crippen LogP contribution in [0.5, 0.6) is 5.75 Å². The van der Waals surface area contributed by atoms with Crippen molar-refractivity contribution in [1.29, 1.82) is 0 Å². The van der Waals surface area contributed by atoms with Crippen LogP contribution in [-0.2, 0) is 0 Å². The van der Waals surface area contributed by atoms with Crippen molar-refractivity contribution in [2.24, 2.45) is 0 Å². The normalized spacial score (nSPS) is 10.7. The largest absolute Gasteiger partial charge is 0.507 e. The van der Waals surface area contributed by atoms with E-state index in [9.17, 15) is 5.11 Å². The van der Waals surface area contributed by atoms with Crippen molar-refractivity contribution in [3.05, 3.63) is 66.2 Å². The maximum absolute atomic E-state index is 9.77. The minimum atomic E-state index is 0.336. The minimum Gasteiger partial charge on any atom is -0.507 e. The highest BCUT2D eigenvalue weighted by molar-refractivity contribution is 5.91. The predicted molar refractivity (Wildman–Crippen MR) is 75.8 cm³/mol. The highest BCUT2D eigenvalue weighted by Gasteiger charge is 2.02. The number of aromatic hydroxyl groups is 1. The molecule has 3 aromatic rings. The Bertz CT molecular complexity index is 696. The summed E-state index contributed by atoms with van der Waals surface area (Å²) in [5.74, 6) is 0.336. The third-order valence-corrected chi connectivity index (χ3v) is 3.24. The third-order valence-electron chi connectivity index (χ3n) is 3.24. The molecule has 3 aromatic carbocycles. The summed E-state index contributed by atoms with van der Waals surface area (Å²) in [5, 5.41) is 11.7. The van der Waals surface area contributed by atoms with Gasteiger partial charge in [0.05, 0.1) is 0 Å². The fraction of sp³-hybridized carbons (Fsp3) is 0.0588. The van der Waals surface area contributed by atoms with Gasteiger partial charge in [0.25, 0.3) is 0 Å². The van der Waals surface area contributed by atoms with E-state index >= 15 is 0 Å². The second kappa shape index (κ2) is 4.19. The maximum atomic E-state index is 9.77. The maximum Gasteiger partial charge on any atom is 0.123 e. The highest BCUT2D eigenvalue weighted by atomic mass is 16.3. The topological polar surface area (TPSA) is 20.2 Å². The Morgan fingerprint density at radius 2 is 1.50 bits per heavy atom. The van der Waals surface area contributed by atoms with Crippen molar-refractivity contribution < 1.29 is 5.11 Å². The molecule has 0 heterocycles. The van der Waals surface area contributed by atoms with Crippen molar-refractivity contribution >= 4 is 10.8 Å². The van der Waals surface area contributed by atoms with Crippen molar-refractivity contribution in [2.45, 2.75) is 6.92 Å².